The van der Waals surface area contributed by atoms with Crippen LogP contribution in [0.3, 0.4) is 0 Å². The van der Waals surface area contributed by atoms with Crippen LogP contribution in [-0.4, -0.2) is 6.94 Å². The number of allylic oxidation sites excluding steroid dienone is 8. The summed E-state index contributed by atoms with van der Waals surface area (Å²) in [5, 5.41) is 5.37. The number of rotatable bonds is 4. The Hall–Kier alpha value is -1.97. The van der Waals surface area contributed by atoms with Crippen LogP contribution in [0.1, 0.15) is 38.8 Å². The molecule has 0 aromatic heterocycles. The second kappa shape index (κ2) is 11.0. The van der Waals surface area contributed by atoms with Gasteiger partial charge in [0, 0.05) is 0 Å². The van der Waals surface area contributed by atoms with E-state index in [1.54, 1.807) is 6.66 Å². The summed E-state index contributed by atoms with van der Waals surface area (Å²) in [6.45, 7) is 12.1. The molecule has 0 heterocycles. The maximum absolute atomic E-state index is 3.69. The molecule has 4 heteroatoms. The van der Waals surface area contributed by atoms with Gasteiger partial charge in [-0.2, -0.15) is 0 Å². The van der Waals surface area contributed by atoms with Gasteiger partial charge in [-0.1, -0.05) is 0 Å². The minimum Gasteiger partial charge on any atom is -0.147 e. The van der Waals surface area contributed by atoms with Crippen molar-refractivity contribution in [2.45, 2.75) is 37.1 Å². The molecule has 0 radical (unpaired) electrons. The van der Waals surface area contributed by atoms with Crippen LogP contribution in [-0.2, 0) is 17.1 Å². The molecule has 206 valence electrons. The SMILES string of the molecule is CC1=[C]([Hf]([CH3])([CH3])(=[SiH2])[C]2=C(C)C(c3cccc4ccccc34)=CC2C)C(C)C=C1c1cccc2ccccc12.Cl.Cl. The maximum Gasteiger partial charge on any atom is -0.147 e. The summed E-state index contributed by atoms with van der Waals surface area (Å²) in [5.74, 6) is 0.946. The third kappa shape index (κ3) is 4.79. The molecule has 0 saturated heterocycles. The van der Waals surface area contributed by atoms with E-state index in [0.29, 0.717) is 11.8 Å². The van der Waals surface area contributed by atoms with E-state index >= 15 is 0 Å². The molecule has 0 bridgehead atoms. The summed E-state index contributed by atoms with van der Waals surface area (Å²) in [6.07, 6.45) is 5.13. The molecule has 2 aliphatic rings. The molecule has 0 fully saturated rings. The van der Waals surface area contributed by atoms with Gasteiger partial charge in [0.05, 0.1) is 0 Å². The third-order valence-electron chi connectivity index (χ3n) is 9.25. The molecule has 2 aliphatic carbocycles. The first-order valence-corrected chi connectivity index (χ1v) is 33.1. The van der Waals surface area contributed by atoms with Crippen LogP contribution in [0.4, 0.5) is 0 Å². The Morgan fingerprint density at radius 1 is 0.550 bits per heavy atom. The Bertz CT molecular complexity index is 1710. The number of halogens is 2. The van der Waals surface area contributed by atoms with Gasteiger partial charge >= 0.3 is 232 Å². The monoisotopic (exact) mass is 750 g/mol. The molecule has 0 N–H and O–H groups in total. The van der Waals surface area contributed by atoms with E-state index < -0.39 is 17.1 Å². The number of benzene rings is 4. The summed E-state index contributed by atoms with van der Waals surface area (Å²) in [4.78, 5) is 0. The van der Waals surface area contributed by atoms with Crippen molar-refractivity contribution in [3.8, 4) is 0 Å². The van der Waals surface area contributed by atoms with E-state index in [1.807, 2.05) is 0 Å². The quantitative estimate of drug-likeness (QED) is 0.182. The maximum atomic E-state index is 2.71. The van der Waals surface area contributed by atoms with Crippen LogP contribution in [0, 0.1) is 11.8 Å². The molecule has 0 aliphatic heterocycles. The number of hydrogen-bond donors (Lipinski definition) is 0. The van der Waals surface area contributed by atoms with Crippen LogP contribution in [0.2, 0.25) is 9.36 Å². The van der Waals surface area contributed by atoms with Gasteiger partial charge in [0.2, 0.25) is 0 Å². The fourth-order valence-corrected chi connectivity index (χ4v) is 39.6. The van der Waals surface area contributed by atoms with Crippen molar-refractivity contribution in [3.63, 3.8) is 0 Å². The first kappa shape index (κ1) is 31.0. The molecule has 0 amide bonds. The normalized spacial score (nSPS) is 19.5. The zero-order chi connectivity index (χ0) is 26.8. The summed E-state index contributed by atoms with van der Waals surface area (Å²) in [6, 6.07) is 31.2. The van der Waals surface area contributed by atoms with Gasteiger partial charge in [0.15, 0.2) is 0 Å². The van der Waals surface area contributed by atoms with Gasteiger partial charge in [-0.05, 0) is 0 Å². The van der Waals surface area contributed by atoms with Gasteiger partial charge in [0.1, 0.15) is 0 Å². The van der Waals surface area contributed by atoms with Gasteiger partial charge in [-0.25, -0.2) is 0 Å². The molecule has 4 aromatic rings. The second-order valence-electron chi connectivity index (χ2n) is 12.6. The summed E-state index contributed by atoms with van der Waals surface area (Å²) in [7, 11) is 0. The molecular formula is C36H40Cl2HfSi. The van der Waals surface area contributed by atoms with Crippen LogP contribution in [0.25, 0.3) is 32.7 Å². The summed E-state index contributed by atoms with van der Waals surface area (Å²) in [5.41, 5.74) is 8.75. The van der Waals surface area contributed by atoms with Crippen LogP contribution in [0.15, 0.2) is 115 Å². The minimum absolute atomic E-state index is 0. The molecule has 2 atom stereocenters. The van der Waals surface area contributed by atoms with E-state index in [2.05, 4.69) is 141 Å². The van der Waals surface area contributed by atoms with Crippen molar-refractivity contribution < 1.29 is 17.1 Å². The Morgan fingerprint density at radius 3 is 1.30 bits per heavy atom. The van der Waals surface area contributed by atoms with Gasteiger partial charge in [0.25, 0.3) is 0 Å². The van der Waals surface area contributed by atoms with Crippen molar-refractivity contribution >= 4 is 64.4 Å². The largest absolute Gasteiger partial charge is 0.147 e. The first-order valence-electron chi connectivity index (χ1n) is 14.0. The Morgan fingerprint density at radius 2 is 0.900 bits per heavy atom. The Balaban J connectivity index is 0.00000185. The fraction of sp³-hybridized carbons (Fsp3) is 0.222. The Kier molecular flexibility index (Phi) is 8.54. The average molecular weight is 750 g/mol. The molecular weight excluding hydrogens is 710 g/mol. The van der Waals surface area contributed by atoms with Crippen LogP contribution < -0.4 is 0 Å². The zero-order valence-corrected chi connectivity index (χ0v) is 31.1. The van der Waals surface area contributed by atoms with E-state index in [0.717, 1.165) is 0 Å². The third-order valence-corrected chi connectivity index (χ3v) is 33.9. The molecule has 6 rings (SSSR count). The number of fused-ring (bicyclic) bond motifs is 2. The molecule has 4 aromatic carbocycles. The van der Waals surface area contributed by atoms with Crippen LogP contribution in [0.5, 0.6) is 0 Å². The first-order chi connectivity index (χ1) is 18.1. The predicted molar refractivity (Wildman–Crippen MR) is 182 cm³/mol. The molecule has 0 saturated carbocycles. The van der Waals surface area contributed by atoms with Gasteiger partial charge < -0.3 is 0 Å². The zero-order valence-electron chi connectivity index (χ0n) is 24.4. The van der Waals surface area contributed by atoms with Gasteiger partial charge in [-0.15, -0.1) is 24.8 Å². The molecule has 0 spiro atoms. The van der Waals surface area contributed by atoms with Crippen molar-refractivity contribution in [3.05, 3.63) is 126 Å². The minimum atomic E-state index is -3.69. The smallest absolute Gasteiger partial charge is 0.147 e. The van der Waals surface area contributed by atoms with E-state index in [-0.39, 0.29) is 24.8 Å². The second-order valence-corrected chi connectivity index (χ2v) is 53.1. The standard InChI is InChI=1S/2C17H15.2CH3.2ClH.Hf.H2Si/c2*1-12-10-13(2)17(11-12)16-9-5-7-14-6-3-4-8-15(14)16;;;;;;/h2*3-9,11-12H,1-2H3;2*1H3;2*1H;;1H2. The predicted octanol–water partition coefficient (Wildman–Crippen LogP) is 10.5. The topological polar surface area (TPSA) is 0 Å². The van der Waals surface area contributed by atoms with Crippen LogP contribution >= 0.6 is 24.8 Å². The van der Waals surface area contributed by atoms with Crippen molar-refractivity contribution in [1.82, 2.24) is 0 Å². The molecule has 40 heavy (non-hydrogen) atoms. The average Bonchev–Trinajstić information content (AvgIpc) is 3.37. The fourth-order valence-electron chi connectivity index (χ4n) is 8.20. The van der Waals surface area contributed by atoms with E-state index in [4.69, 9.17) is 0 Å². The number of hydrogen-bond acceptors (Lipinski definition) is 0. The summed E-state index contributed by atoms with van der Waals surface area (Å²) < 4.78 is 8.97. The molecule has 2 unspecified atom stereocenters. The summed E-state index contributed by atoms with van der Waals surface area (Å²) >= 11 is -3.69. The molecule has 0 nitrogen and oxygen atoms in total. The van der Waals surface area contributed by atoms with Crippen molar-refractivity contribution in [1.29, 1.82) is 0 Å². The Labute approximate surface area is 254 Å². The van der Waals surface area contributed by atoms with Crippen molar-refractivity contribution in [2.24, 2.45) is 11.8 Å². The van der Waals surface area contributed by atoms with E-state index in [9.17, 15) is 0 Å². The van der Waals surface area contributed by atoms with E-state index in [1.165, 1.54) is 55.0 Å². The van der Waals surface area contributed by atoms with Gasteiger partial charge in [-0.3, -0.25) is 0 Å². The van der Waals surface area contributed by atoms with Crippen molar-refractivity contribution in [2.75, 3.05) is 0 Å².